The Hall–Kier alpha value is -1.83. The first-order valence-corrected chi connectivity index (χ1v) is 6.77. The summed E-state index contributed by atoms with van der Waals surface area (Å²) in [7, 11) is 0. The van der Waals surface area contributed by atoms with Gasteiger partial charge in [0.1, 0.15) is 5.52 Å². The van der Waals surface area contributed by atoms with E-state index in [0.717, 1.165) is 17.0 Å². The van der Waals surface area contributed by atoms with Crippen LogP contribution in [0.3, 0.4) is 0 Å². The zero-order chi connectivity index (χ0) is 15.0. The summed E-state index contributed by atoms with van der Waals surface area (Å²) in [6.07, 6.45) is -0.703. The van der Waals surface area contributed by atoms with Crippen molar-refractivity contribution >= 4 is 11.3 Å². The molecule has 0 unspecified atom stereocenters. The molecular formula is C13H16F3N5. The Balaban J connectivity index is 1.74. The lowest BCUT2D eigenvalue weighted by molar-refractivity contribution is -0.146. The molecule has 5 nitrogen and oxygen atoms in total. The fraction of sp³-hybridized carbons (Fsp3) is 0.538. The van der Waals surface area contributed by atoms with Crippen LogP contribution in [0.1, 0.15) is 5.69 Å². The van der Waals surface area contributed by atoms with Crippen LogP contribution in [0.15, 0.2) is 18.5 Å². The first kappa shape index (κ1) is 14.1. The Morgan fingerprint density at radius 3 is 2.57 bits per heavy atom. The van der Waals surface area contributed by atoms with E-state index in [1.54, 1.807) is 16.9 Å². The molecule has 1 fully saturated rings. The van der Waals surface area contributed by atoms with Gasteiger partial charge in [-0.2, -0.15) is 18.3 Å². The van der Waals surface area contributed by atoms with E-state index in [0.29, 0.717) is 26.2 Å². The molecule has 0 aliphatic carbocycles. The maximum Gasteiger partial charge on any atom is 0.401 e. The Morgan fingerprint density at radius 2 is 1.90 bits per heavy atom. The highest BCUT2D eigenvalue weighted by Gasteiger charge is 2.32. The molecule has 0 spiro atoms. The minimum atomic E-state index is -4.14. The molecule has 3 rings (SSSR count). The highest BCUT2D eigenvalue weighted by molar-refractivity contribution is 5.69. The summed E-state index contributed by atoms with van der Waals surface area (Å²) < 4.78 is 38.9. The van der Waals surface area contributed by atoms with E-state index < -0.39 is 12.7 Å². The van der Waals surface area contributed by atoms with Crippen molar-refractivity contribution in [2.75, 3.05) is 37.6 Å². The Kier molecular flexibility index (Phi) is 3.48. The molecule has 21 heavy (non-hydrogen) atoms. The van der Waals surface area contributed by atoms with E-state index in [1.165, 1.54) is 4.90 Å². The molecule has 8 heteroatoms. The van der Waals surface area contributed by atoms with Crippen molar-refractivity contribution in [3.05, 3.63) is 24.2 Å². The van der Waals surface area contributed by atoms with E-state index in [9.17, 15) is 13.2 Å². The summed E-state index contributed by atoms with van der Waals surface area (Å²) in [5, 5.41) is 4.32. The largest absolute Gasteiger partial charge is 0.401 e. The number of piperazine rings is 1. The first-order chi connectivity index (χ1) is 9.92. The molecule has 2 aromatic rings. The molecule has 0 saturated carbocycles. The predicted molar refractivity (Wildman–Crippen MR) is 72.4 cm³/mol. The van der Waals surface area contributed by atoms with Gasteiger partial charge in [0.25, 0.3) is 0 Å². The van der Waals surface area contributed by atoms with Crippen molar-refractivity contribution < 1.29 is 13.2 Å². The van der Waals surface area contributed by atoms with E-state index >= 15 is 0 Å². The van der Waals surface area contributed by atoms with Gasteiger partial charge in [-0.15, -0.1) is 0 Å². The van der Waals surface area contributed by atoms with Crippen molar-refractivity contribution in [2.45, 2.75) is 13.1 Å². The summed E-state index contributed by atoms with van der Waals surface area (Å²) in [6.45, 7) is 2.90. The molecule has 0 N–H and O–H groups in total. The molecule has 1 aliphatic rings. The first-order valence-electron chi connectivity index (χ1n) is 6.77. The average molecular weight is 299 g/mol. The van der Waals surface area contributed by atoms with Crippen molar-refractivity contribution in [2.24, 2.45) is 0 Å². The van der Waals surface area contributed by atoms with Gasteiger partial charge in [0.2, 0.25) is 0 Å². The number of fused-ring (bicyclic) bond motifs is 1. The van der Waals surface area contributed by atoms with Crippen LogP contribution in [0.5, 0.6) is 0 Å². The smallest absolute Gasteiger partial charge is 0.352 e. The highest BCUT2D eigenvalue weighted by atomic mass is 19.4. The summed E-state index contributed by atoms with van der Waals surface area (Å²) in [5.74, 6) is 0.782. The van der Waals surface area contributed by atoms with Gasteiger partial charge in [-0.1, -0.05) is 0 Å². The molecular weight excluding hydrogens is 283 g/mol. The van der Waals surface area contributed by atoms with Crippen LogP contribution >= 0.6 is 0 Å². The number of aryl methyl sites for hydroxylation is 1. The van der Waals surface area contributed by atoms with Gasteiger partial charge >= 0.3 is 6.18 Å². The monoisotopic (exact) mass is 299 g/mol. The fourth-order valence-electron chi connectivity index (χ4n) is 2.65. The van der Waals surface area contributed by atoms with Gasteiger partial charge in [0, 0.05) is 38.6 Å². The van der Waals surface area contributed by atoms with Gasteiger partial charge < -0.3 is 4.90 Å². The summed E-state index contributed by atoms with van der Waals surface area (Å²) >= 11 is 0. The van der Waals surface area contributed by atoms with Crippen LogP contribution in [-0.4, -0.2) is 58.4 Å². The summed E-state index contributed by atoms with van der Waals surface area (Å²) in [6, 6.07) is 1.93. The molecule has 0 bridgehead atoms. The fourth-order valence-corrected chi connectivity index (χ4v) is 2.65. The van der Waals surface area contributed by atoms with Crippen LogP contribution < -0.4 is 4.90 Å². The zero-order valence-corrected chi connectivity index (χ0v) is 11.6. The number of anilines is 1. The normalized spacial score (nSPS) is 17.6. The van der Waals surface area contributed by atoms with Crippen LogP contribution in [0, 0.1) is 6.92 Å². The maximum atomic E-state index is 12.4. The van der Waals surface area contributed by atoms with Crippen molar-refractivity contribution in [1.29, 1.82) is 0 Å². The lowest BCUT2D eigenvalue weighted by Gasteiger charge is -2.35. The van der Waals surface area contributed by atoms with Crippen LogP contribution in [0.25, 0.3) is 5.52 Å². The van der Waals surface area contributed by atoms with Gasteiger partial charge in [-0.3, -0.25) is 4.90 Å². The summed E-state index contributed by atoms with van der Waals surface area (Å²) in [4.78, 5) is 7.81. The van der Waals surface area contributed by atoms with Gasteiger partial charge in [0.15, 0.2) is 5.82 Å². The molecule has 0 radical (unpaired) electrons. The number of alkyl halides is 3. The molecule has 0 atom stereocenters. The molecule has 114 valence electrons. The van der Waals surface area contributed by atoms with Gasteiger partial charge in [-0.05, 0) is 13.0 Å². The standard InChI is InChI=1S/C13H16F3N5/c1-10-8-11-12(17-2-3-21(11)18-10)20-6-4-19(5-7-20)9-13(14,15)16/h2-3,8H,4-7,9H2,1H3. The second kappa shape index (κ2) is 5.18. The number of rotatable bonds is 2. The van der Waals surface area contributed by atoms with Gasteiger partial charge in [-0.25, -0.2) is 9.50 Å². The topological polar surface area (TPSA) is 36.7 Å². The Morgan fingerprint density at radius 1 is 1.19 bits per heavy atom. The second-order valence-corrected chi connectivity index (χ2v) is 5.24. The molecule has 1 saturated heterocycles. The quantitative estimate of drug-likeness (QED) is 0.846. The summed E-state index contributed by atoms with van der Waals surface area (Å²) in [5.41, 5.74) is 1.78. The lowest BCUT2D eigenvalue weighted by atomic mass is 10.3. The predicted octanol–water partition coefficient (Wildman–Crippen LogP) is 1.72. The minimum absolute atomic E-state index is 0.384. The van der Waals surface area contributed by atoms with E-state index in [4.69, 9.17) is 0 Å². The lowest BCUT2D eigenvalue weighted by Crippen LogP contribution is -2.49. The number of hydrogen-bond acceptors (Lipinski definition) is 4. The van der Waals surface area contributed by atoms with Gasteiger partial charge in [0.05, 0.1) is 12.2 Å². The molecule has 1 aliphatic heterocycles. The Bertz CT molecular complexity index is 628. The third kappa shape index (κ3) is 3.10. The average Bonchev–Trinajstić information content (AvgIpc) is 2.78. The maximum absolute atomic E-state index is 12.4. The van der Waals surface area contributed by atoms with Crippen molar-refractivity contribution in [3.63, 3.8) is 0 Å². The third-order valence-electron chi connectivity index (χ3n) is 3.57. The highest BCUT2D eigenvalue weighted by Crippen LogP contribution is 2.22. The number of nitrogens with zero attached hydrogens (tertiary/aromatic N) is 5. The Labute approximate surface area is 120 Å². The molecule has 0 amide bonds. The van der Waals surface area contributed by atoms with E-state index in [2.05, 4.69) is 10.1 Å². The van der Waals surface area contributed by atoms with Crippen molar-refractivity contribution in [3.8, 4) is 0 Å². The van der Waals surface area contributed by atoms with Crippen molar-refractivity contribution in [1.82, 2.24) is 19.5 Å². The van der Waals surface area contributed by atoms with E-state index in [-0.39, 0.29) is 0 Å². The number of hydrogen-bond donors (Lipinski definition) is 0. The number of aromatic nitrogens is 3. The van der Waals surface area contributed by atoms with Crippen LogP contribution in [0.4, 0.5) is 19.0 Å². The second-order valence-electron chi connectivity index (χ2n) is 5.24. The van der Waals surface area contributed by atoms with Crippen LogP contribution in [-0.2, 0) is 0 Å². The number of halogens is 3. The molecule has 3 heterocycles. The third-order valence-corrected chi connectivity index (χ3v) is 3.57. The minimum Gasteiger partial charge on any atom is -0.352 e. The zero-order valence-electron chi connectivity index (χ0n) is 11.6. The van der Waals surface area contributed by atoms with Crippen LogP contribution in [0.2, 0.25) is 0 Å². The molecule has 0 aromatic carbocycles. The SMILES string of the molecule is Cc1cc2c(N3CCN(CC(F)(F)F)CC3)nccn2n1. The molecule has 2 aromatic heterocycles. The van der Waals surface area contributed by atoms with E-state index in [1.807, 2.05) is 17.9 Å².